The predicted molar refractivity (Wildman–Crippen MR) is 101 cm³/mol. The van der Waals surface area contributed by atoms with Crippen molar-refractivity contribution in [3.05, 3.63) is 35.7 Å². The standard InChI is InChI=1S/C20H18F3N5O4/c21-20(22,23)17-26-15(27-32-17)12-1-3-13(4-2-12)16(29)25-9-14-10-31-8-7-28(14)18(30)19(11-24)5-6-19/h1-4,14H,5-10H2,(H,25,29)/t14-/m1/s1. The van der Waals surface area contributed by atoms with Crippen LogP contribution in [-0.4, -0.2) is 59.2 Å². The number of ether oxygens (including phenoxy) is 1. The summed E-state index contributed by atoms with van der Waals surface area (Å²) in [6.45, 7) is 1.09. The van der Waals surface area contributed by atoms with Crippen molar-refractivity contribution in [1.29, 1.82) is 5.26 Å². The predicted octanol–water partition coefficient (Wildman–Crippen LogP) is 2.02. The van der Waals surface area contributed by atoms with E-state index in [2.05, 4.69) is 26.0 Å². The Kier molecular flexibility index (Phi) is 5.60. The number of hydrogen-bond acceptors (Lipinski definition) is 7. The van der Waals surface area contributed by atoms with Crippen molar-refractivity contribution in [1.82, 2.24) is 20.4 Å². The van der Waals surface area contributed by atoms with E-state index in [1.165, 1.54) is 24.3 Å². The first kappa shape index (κ1) is 21.8. The Morgan fingerprint density at radius 3 is 2.59 bits per heavy atom. The zero-order valence-corrected chi connectivity index (χ0v) is 16.7. The van der Waals surface area contributed by atoms with Gasteiger partial charge in [0, 0.05) is 24.2 Å². The zero-order valence-electron chi connectivity index (χ0n) is 16.7. The van der Waals surface area contributed by atoms with Gasteiger partial charge in [-0.25, -0.2) is 0 Å². The van der Waals surface area contributed by atoms with Crippen LogP contribution in [-0.2, 0) is 15.7 Å². The SMILES string of the molecule is N#CC1(C(=O)N2CCOC[C@H]2CNC(=O)c2ccc(-c3noc(C(F)(F)F)n3)cc2)CC1. The fourth-order valence-electron chi connectivity index (χ4n) is 3.40. The number of hydrogen-bond donors (Lipinski definition) is 1. The number of rotatable bonds is 5. The van der Waals surface area contributed by atoms with Gasteiger partial charge < -0.3 is 19.5 Å². The van der Waals surface area contributed by atoms with Crippen LogP contribution >= 0.6 is 0 Å². The maximum absolute atomic E-state index is 12.7. The molecule has 2 heterocycles. The molecule has 2 amide bonds. The van der Waals surface area contributed by atoms with Crippen LogP contribution in [0.15, 0.2) is 28.8 Å². The van der Waals surface area contributed by atoms with E-state index >= 15 is 0 Å². The van der Waals surface area contributed by atoms with Crippen molar-refractivity contribution in [3.63, 3.8) is 0 Å². The lowest BCUT2D eigenvalue weighted by molar-refractivity contribution is -0.159. The molecule has 0 spiro atoms. The molecular weight excluding hydrogens is 431 g/mol. The number of alkyl halides is 3. The Hall–Kier alpha value is -3.46. The van der Waals surface area contributed by atoms with Gasteiger partial charge in [0.25, 0.3) is 5.91 Å². The molecule has 1 aliphatic carbocycles. The Morgan fingerprint density at radius 2 is 2.00 bits per heavy atom. The third kappa shape index (κ3) is 4.29. The van der Waals surface area contributed by atoms with Gasteiger partial charge in [0.15, 0.2) is 0 Å². The number of morpholine rings is 1. The Labute approximate surface area is 180 Å². The van der Waals surface area contributed by atoms with Crippen LogP contribution in [0.2, 0.25) is 0 Å². The first-order chi connectivity index (χ1) is 15.2. The molecule has 12 heteroatoms. The topological polar surface area (TPSA) is 121 Å². The molecular formula is C20H18F3N5O4. The number of aromatic nitrogens is 2. The highest BCUT2D eigenvalue weighted by Gasteiger charge is 2.53. The van der Waals surface area contributed by atoms with E-state index in [9.17, 15) is 28.0 Å². The Balaban J connectivity index is 1.38. The first-order valence-electron chi connectivity index (χ1n) is 9.83. The van der Waals surface area contributed by atoms with Crippen LogP contribution in [0.5, 0.6) is 0 Å². The molecule has 1 atom stereocenters. The number of carbonyl (C=O) groups is 2. The molecule has 1 aliphatic heterocycles. The zero-order chi connectivity index (χ0) is 22.9. The number of amides is 2. The summed E-state index contributed by atoms with van der Waals surface area (Å²) in [6.07, 6.45) is -3.67. The average Bonchev–Trinajstić information content (AvgIpc) is 3.43. The van der Waals surface area contributed by atoms with Crippen LogP contribution in [0.1, 0.15) is 29.1 Å². The van der Waals surface area contributed by atoms with E-state index in [1.54, 1.807) is 4.90 Å². The molecule has 2 aromatic rings. The summed E-state index contributed by atoms with van der Waals surface area (Å²) in [5, 5.41) is 15.3. The van der Waals surface area contributed by atoms with Crippen molar-refractivity contribution in [3.8, 4) is 17.5 Å². The summed E-state index contributed by atoms with van der Waals surface area (Å²) in [5.41, 5.74) is -0.431. The number of nitrogens with one attached hydrogen (secondary N) is 1. The molecule has 0 bridgehead atoms. The molecule has 0 radical (unpaired) electrons. The molecule has 168 valence electrons. The third-order valence-electron chi connectivity index (χ3n) is 5.43. The summed E-state index contributed by atoms with van der Waals surface area (Å²) < 4.78 is 47.4. The average molecular weight is 449 g/mol. The number of carbonyl (C=O) groups excluding carboxylic acids is 2. The van der Waals surface area contributed by atoms with E-state index in [0.717, 1.165) is 0 Å². The summed E-state index contributed by atoms with van der Waals surface area (Å²) in [6, 6.07) is 7.34. The Bertz CT molecular complexity index is 1060. The number of benzene rings is 1. The lowest BCUT2D eigenvalue weighted by atomic mass is 10.1. The molecule has 1 aromatic carbocycles. The van der Waals surface area contributed by atoms with Gasteiger partial charge in [0.05, 0.1) is 25.3 Å². The number of nitrogens with zero attached hydrogens (tertiary/aromatic N) is 4. The minimum atomic E-state index is -4.74. The fourth-order valence-corrected chi connectivity index (χ4v) is 3.40. The largest absolute Gasteiger partial charge is 0.471 e. The summed E-state index contributed by atoms with van der Waals surface area (Å²) >= 11 is 0. The minimum absolute atomic E-state index is 0.133. The van der Waals surface area contributed by atoms with Crippen LogP contribution in [0, 0.1) is 16.7 Å². The summed E-state index contributed by atoms with van der Waals surface area (Å²) in [4.78, 5) is 30.1. The van der Waals surface area contributed by atoms with Crippen LogP contribution in [0.4, 0.5) is 13.2 Å². The van der Waals surface area contributed by atoms with Gasteiger partial charge in [-0.15, -0.1) is 0 Å². The molecule has 4 rings (SSSR count). The van der Waals surface area contributed by atoms with E-state index in [4.69, 9.17) is 4.74 Å². The second-order valence-electron chi connectivity index (χ2n) is 7.63. The van der Waals surface area contributed by atoms with Crippen molar-refractivity contribution in [2.75, 3.05) is 26.3 Å². The molecule has 1 saturated carbocycles. The van der Waals surface area contributed by atoms with E-state index in [1.807, 2.05) is 0 Å². The summed E-state index contributed by atoms with van der Waals surface area (Å²) in [5.74, 6) is -2.36. The quantitative estimate of drug-likeness (QED) is 0.741. The molecule has 9 nitrogen and oxygen atoms in total. The third-order valence-corrected chi connectivity index (χ3v) is 5.43. The first-order valence-corrected chi connectivity index (χ1v) is 9.83. The molecule has 0 unspecified atom stereocenters. The van der Waals surface area contributed by atoms with Crippen molar-refractivity contribution in [2.24, 2.45) is 5.41 Å². The van der Waals surface area contributed by atoms with Gasteiger partial charge >= 0.3 is 12.1 Å². The van der Waals surface area contributed by atoms with Gasteiger partial charge in [-0.05, 0) is 25.0 Å². The van der Waals surface area contributed by atoms with Gasteiger partial charge in [-0.1, -0.05) is 17.3 Å². The van der Waals surface area contributed by atoms with Crippen molar-refractivity contribution in [2.45, 2.75) is 25.1 Å². The summed E-state index contributed by atoms with van der Waals surface area (Å²) in [7, 11) is 0. The monoisotopic (exact) mass is 449 g/mol. The van der Waals surface area contributed by atoms with E-state index in [0.29, 0.717) is 26.0 Å². The van der Waals surface area contributed by atoms with Crippen molar-refractivity contribution >= 4 is 11.8 Å². The lowest BCUT2D eigenvalue weighted by Crippen LogP contribution is -2.55. The normalized spacial score (nSPS) is 19.8. The highest BCUT2D eigenvalue weighted by molar-refractivity contribution is 5.94. The molecule has 2 aliphatic rings. The second-order valence-corrected chi connectivity index (χ2v) is 7.63. The van der Waals surface area contributed by atoms with Gasteiger partial charge in [-0.3, -0.25) is 9.59 Å². The minimum Gasteiger partial charge on any atom is -0.377 e. The lowest BCUT2D eigenvalue weighted by Gasteiger charge is -2.36. The van der Waals surface area contributed by atoms with Crippen molar-refractivity contribution < 1.29 is 32.0 Å². The fraction of sp³-hybridized carbons (Fsp3) is 0.450. The van der Waals surface area contributed by atoms with Gasteiger partial charge in [0.2, 0.25) is 11.7 Å². The highest BCUT2D eigenvalue weighted by Crippen LogP contribution is 2.46. The molecule has 1 aromatic heterocycles. The maximum Gasteiger partial charge on any atom is 0.471 e. The second kappa shape index (κ2) is 8.23. The van der Waals surface area contributed by atoms with E-state index in [-0.39, 0.29) is 36.0 Å². The van der Waals surface area contributed by atoms with Crippen LogP contribution in [0.3, 0.4) is 0 Å². The number of halogens is 3. The smallest absolute Gasteiger partial charge is 0.377 e. The van der Waals surface area contributed by atoms with Gasteiger partial charge in [-0.2, -0.15) is 23.4 Å². The van der Waals surface area contributed by atoms with E-state index < -0.39 is 29.4 Å². The molecule has 1 saturated heterocycles. The van der Waals surface area contributed by atoms with Gasteiger partial charge in [0.1, 0.15) is 5.41 Å². The Morgan fingerprint density at radius 1 is 1.28 bits per heavy atom. The highest BCUT2D eigenvalue weighted by atomic mass is 19.4. The van der Waals surface area contributed by atoms with Crippen LogP contribution < -0.4 is 5.32 Å². The molecule has 32 heavy (non-hydrogen) atoms. The maximum atomic E-state index is 12.7. The van der Waals surface area contributed by atoms with Crippen LogP contribution in [0.25, 0.3) is 11.4 Å². The molecule has 1 N–H and O–H groups in total. The number of nitriles is 1. The molecule has 2 fully saturated rings.